The summed E-state index contributed by atoms with van der Waals surface area (Å²) < 4.78 is 53.1. The van der Waals surface area contributed by atoms with Crippen LogP contribution >= 0.6 is 0 Å². The molecule has 164 valence electrons. The van der Waals surface area contributed by atoms with Gasteiger partial charge in [-0.3, -0.25) is 0 Å². The van der Waals surface area contributed by atoms with E-state index in [9.17, 15) is 17.2 Å². The molecular weight excluding hydrogens is 394 g/mol. The van der Waals surface area contributed by atoms with Crippen LogP contribution in [0.15, 0.2) is 18.2 Å². The second-order valence-electron chi connectivity index (χ2n) is 8.66. The zero-order valence-electron chi connectivity index (χ0n) is 17.6. The Balaban J connectivity index is 1.75. The van der Waals surface area contributed by atoms with Gasteiger partial charge in [-0.05, 0) is 81.1 Å². The zero-order valence-corrected chi connectivity index (χ0v) is 18.4. The van der Waals surface area contributed by atoms with Crippen molar-refractivity contribution < 1.29 is 17.2 Å². The van der Waals surface area contributed by atoms with Crippen molar-refractivity contribution in [3.05, 3.63) is 35.4 Å². The van der Waals surface area contributed by atoms with E-state index in [0.717, 1.165) is 50.4 Å². The molecule has 1 aromatic carbocycles. The van der Waals surface area contributed by atoms with Crippen LogP contribution in [0.1, 0.15) is 63.4 Å². The summed E-state index contributed by atoms with van der Waals surface area (Å²) in [5.41, 5.74) is 0.721. The van der Waals surface area contributed by atoms with E-state index in [4.69, 9.17) is 0 Å². The predicted molar refractivity (Wildman–Crippen MR) is 112 cm³/mol. The van der Waals surface area contributed by atoms with Gasteiger partial charge in [-0.2, -0.15) is 0 Å². The number of sulfonamides is 1. The van der Waals surface area contributed by atoms with Crippen molar-refractivity contribution in [3.8, 4) is 0 Å². The number of benzene rings is 1. The van der Waals surface area contributed by atoms with Gasteiger partial charge in [0.25, 0.3) is 0 Å². The molecule has 0 radical (unpaired) electrons. The molecule has 2 fully saturated rings. The fraction of sp³-hybridized carbons (Fsp3) is 0.727. The number of rotatable bonds is 7. The van der Waals surface area contributed by atoms with Crippen molar-refractivity contribution in [3.63, 3.8) is 0 Å². The highest BCUT2D eigenvalue weighted by molar-refractivity contribution is 7.88. The number of piperidine rings is 2. The van der Waals surface area contributed by atoms with E-state index in [2.05, 4.69) is 11.8 Å². The molecule has 0 saturated carbocycles. The van der Waals surface area contributed by atoms with E-state index >= 15 is 0 Å². The lowest BCUT2D eigenvalue weighted by Gasteiger charge is -2.38. The van der Waals surface area contributed by atoms with Gasteiger partial charge in [0.05, 0.1) is 6.26 Å². The minimum absolute atomic E-state index is 0.0579. The van der Waals surface area contributed by atoms with Crippen LogP contribution in [0.4, 0.5) is 8.78 Å². The molecule has 2 heterocycles. The van der Waals surface area contributed by atoms with Gasteiger partial charge in [0.2, 0.25) is 10.0 Å². The summed E-state index contributed by atoms with van der Waals surface area (Å²) in [6.45, 7) is 5.34. The van der Waals surface area contributed by atoms with Gasteiger partial charge in [-0.25, -0.2) is 21.5 Å². The Kier molecular flexibility index (Phi) is 7.68. The van der Waals surface area contributed by atoms with E-state index in [1.807, 2.05) is 0 Å². The van der Waals surface area contributed by atoms with Crippen molar-refractivity contribution in [1.29, 1.82) is 0 Å². The standard InChI is InChI=1S/C22H34F2N2O2S/c1-3-25-11-5-4-6-21(25)7-8-22(18-14-19(23)16-20(24)15-18)17-9-12-26(13-10-17)29(2,27)28/h14-17,21-22H,3-13H2,1-2H3/t21?,22-/m1/s1. The van der Waals surface area contributed by atoms with E-state index in [-0.39, 0.29) is 11.8 Å². The second kappa shape index (κ2) is 9.84. The van der Waals surface area contributed by atoms with Crippen LogP contribution in [0, 0.1) is 17.6 Å². The van der Waals surface area contributed by atoms with E-state index < -0.39 is 21.7 Å². The lowest BCUT2D eigenvalue weighted by Crippen LogP contribution is -2.40. The molecule has 2 aliphatic rings. The quantitative estimate of drug-likeness (QED) is 0.647. The maximum atomic E-state index is 13.9. The highest BCUT2D eigenvalue weighted by atomic mass is 32.2. The summed E-state index contributed by atoms with van der Waals surface area (Å²) >= 11 is 0. The number of halogens is 2. The minimum Gasteiger partial charge on any atom is -0.301 e. The largest absolute Gasteiger partial charge is 0.301 e. The average Bonchev–Trinajstić information content (AvgIpc) is 2.67. The normalized spacial score (nSPS) is 23.9. The molecule has 2 saturated heterocycles. The first kappa shape index (κ1) is 22.6. The topological polar surface area (TPSA) is 40.6 Å². The summed E-state index contributed by atoms with van der Waals surface area (Å²) in [5.74, 6) is -0.770. The first-order valence-electron chi connectivity index (χ1n) is 10.9. The molecular formula is C22H34F2N2O2S. The third-order valence-corrected chi connectivity index (χ3v) is 8.12. The minimum atomic E-state index is -3.19. The molecule has 0 amide bonds. The van der Waals surface area contributed by atoms with Crippen molar-refractivity contribution in [2.24, 2.45) is 5.92 Å². The maximum absolute atomic E-state index is 13.9. The monoisotopic (exact) mass is 428 g/mol. The van der Waals surface area contributed by atoms with Gasteiger partial charge in [0.15, 0.2) is 0 Å². The van der Waals surface area contributed by atoms with Gasteiger partial charge in [-0.1, -0.05) is 13.3 Å². The third-order valence-electron chi connectivity index (χ3n) is 6.82. The van der Waals surface area contributed by atoms with Crippen LogP contribution < -0.4 is 0 Å². The van der Waals surface area contributed by atoms with Crippen molar-refractivity contribution in [2.45, 2.75) is 63.8 Å². The molecule has 3 rings (SSSR count). The molecule has 2 aliphatic heterocycles. The van der Waals surface area contributed by atoms with Gasteiger partial charge >= 0.3 is 0 Å². The molecule has 4 nitrogen and oxygen atoms in total. The summed E-state index contributed by atoms with van der Waals surface area (Å²) in [6.07, 6.45) is 8.28. The lowest BCUT2D eigenvalue weighted by molar-refractivity contribution is 0.138. The summed E-state index contributed by atoms with van der Waals surface area (Å²) in [6, 6.07) is 4.39. The number of hydrogen-bond acceptors (Lipinski definition) is 3. The molecule has 0 bridgehead atoms. The Morgan fingerprint density at radius 1 is 1.03 bits per heavy atom. The molecule has 0 N–H and O–H groups in total. The first-order valence-corrected chi connectivity index (χ1v) is 12.8. The summed E-state index contributed by atoms with van der Waals surface area (Å²) in [5, 5.41) is 0. The Hall–Kier alpha value is -1.05. The lowest BCUT2D eigenvalue weighted by atomic mass is 9.77. The molecule has 1 unspecified atom stereocenters. The Labute approximate surface area is 174 Å². The van der Waals surface area contributed by atoms with Gasteiger partial charge in [0.1, 0.15) is 11.6 Å². The van der Waals surface area contributed by atoms with Crippen LogP contribution in [-0.2, 0) is 10.0 Å². The zero-order chi connectivity index (χ0) is 21.0. The smallest absolute Gasteiger partial charge is 0.211 e. The Bertz CT molecular complexity index is 759. The van der Waals surface area contributed by atoms with Crippen LogP contribution in [-0.4, -0.2) is 56.1 Å². The first-order chi connectivity index (χ1) is 13.8. The number of hydrogen-bond donors (Lipinski definition) is 0. The fourth-order valence-corrected chi connectivity index (χ4v) is 6.12. The molecule has 1 aromatic rings. The maximum Gasteiger partial charge on any atom is 0.211 e. The van der Waals surface area contributed by atoms with Crippen LogP contribution in [0.5, 0.6) is 0 Å². The van der Waals surface area contributed by atoms with Gasteiger partial charge < -0.3 is 4.90 Å². The van der Waals surface area contributed by atoms with E-state index in [0.29, 0.717) is 19.1 Å². The molecule has 29 heavy (non-hydrogen) atoms. The van der Waals surface area contributed by atoms with Crippen molar-refractivity contribution >= 4 is 10.0 Å². The third kappa shape index (κ3) is 5.98. The Morgan fingerprint density at radius 2 is 1.69 bits per heavy atom. The molecule has 2 atom stereocenters. The van der Waals surface area contributed by atoms with E-state index in [1.165, 1.54) is 42.0 Å². The van der Waals surface area contributed by atoms with Crippen molar-refractivity contribution in [1.82, 2.24) is 9.21 Å². The second-order valence-corrected chi connectivity index (χ2v) is 10.6. The average molecular weight is 429 g/mol. The molecule has 0 spiro atoms. The van der Waals surface area contributed by atoms with Gasteiger partial charge in [-0.15, -0.1) is 0 Å². The molecule has 0 aliphatic carbocycles. The highest BCUT2D eigenvalue weighted by Gasteiger charge is 2.32. The number of likely N-dealkylation sites (tertiary alicyclic amines) is 1. The molecule has 0 aromatic heterocycles. The molecule has 7 heteroatoms. The predicted octanol–water partition coefficient (Wildman–Crippen LogP) is 4.37. The summed E-state index contributed by atoms with van der Waals surface area (Å²) in [4.78, 5) is 2.53. The Morgan fingerprint density at radius 3 is 2.28 bits per heavy atom. The fourth-order valence-electron chi connectivity index (χ4n) is 5.25. The van der Waals surface area contributed by atoms with Crippen LogP contribution in [0.25, 0.3) is 0 Å². The van der Waals surface area contributed by atoms with Crippen molar-refractivity contribution in [2.75, 3.05) is 32.4 Å². The highest BCUT2D eigenvalue weighted by Crippen LogP contribution is 2.38. The van der Waals surface area contributed by atoms with Crippen LogP contribution in [0.2, 0.25) is 0 Å². The number of nitrogens with zero attached hydrogens (tertiary/aromatic N) is 2. The van der Waals surface area contributed by atoms with Crippen LogP contribution in [0.3, 0.4) is 0 Å². The summed E-state index contributed by atoms with van der Waals surface area (Å²) in [7, 11) is -3.19. The van der Waals surface area contributed by atoms with E-state index in [1.54, 1.807) is 0 Å². The van der Waals surface area contributed by atoms with Gasteiger partial charge in [0, 0.05) is 25.2 Å². The SMILES string of the molecule is CCN1CCCCC1CC[C@@H](c1cc(F)cc(F)c1)C1CCN(S(C)(=O)=O)CC1.